The Hall–Kier alpha value is -3.59. The molecule has 0 spiro atoms. The first kappa shape index (κ1) is 24.1. The van der Waals surface area contributed by atoms with Crippen LogP contribution >= 0.6 is 0 Å². The first-order valence-electron chi connectivity index (χ1n) is 12.6. The molecular weight excluding hydrogens is 460 g/mol. The maximum atomic E-state index is 13.6. The summed E-state index contributed by atoms with van der Waals surface area (Å²) in [7, 11) is 0. The molecule has 190 valence electrons. The lowest BCUT2D eigenvalue weighted by Crippen LogP contribution is -2.61. The number of nitrogens with zero attached hydrogens (tertiary/aromatic N) is 3. The van der Waals surface area contributed by atoms with E-state index in [1.165, 1.54) is 0 Å². The first-order chi connectivity index (χ1) is 17.5. The summed E-state index contributed by atoms with van der Waals surface area (Å²) in [6.45, 7) is 2.33. The van der Waals surface area contributed by atoms with Crippen LogP contribution in [-0.4, -0.2) is 64.7 Å². The lowest BCUT2D eigenvalue weighted by molar-refractivity contribution is -0.149. The molecule has 5 rings (SSSR count). The lowest BCUT2D eigenvalue weighted by atomic mass is 9.85. The van der Waals surface area contributed by atoms with E-state index < -0.39 is 11.9 Å². The number of rotatable bonds is 4. The minimum Gasteiger partial charge on any atom is -0.446 e. The molecule has 3 unspecified atom stereocenters. The Balaban J connectivity index is 1.21. The van der Waals surface area contributed by atoms with E-state index in [1.54, 1.807) is 15.3 Å². The minimum absolute atomic E-state index is 0.120. The summed E-state index contributed by atoms with van der Waals surface area (Å²) in [6, 6.07) is 16.9. The maximum absolute atomic E-state index is 13.6. The number of hydrogen-bond acceptors (Lipinski definition) is 6. The second kappa shape index (κ2) is 10.6. The molecule has 2 aromatic rings. The molecule has 1 saturated heterocycles. The third kappa shape index (κ3) is 5.02. The molecule has 0 radical (unpaired) electrons. The molecule has 1 saturated carbocycles. The van der Waals surface area contributed by atoms with Gasteiger partial charge in [-0.2, -0.15) is 0 Å². The van der Waals surface area contributed by atoms with Crippen molar-refractivity contribution in [1.29, 1.82) is 0 Å². The van der Waals surface area contributed by atoms with Gasteiger partial charge in [0.25, 0.3) is 5.91 Å². The van der Waals surface area contributed by atoms with Gasteiger partial charge in [-0.25, -0.2) is 10.3 Å². The fourth-order valence-corrected chi connectivity index (χ4v) is 5.61. The Morgan fingerprint density at radius 3 is 2.31 bits per heavy atom. The predicted molar refractivity (Wildman–Crippen MR) is 132 cm³/mol. The number of carbonyl (C=O) groups excluding carboxylic acids is 3. The van der Waals surface area contributed by atoms with E-state index in [-0.39, 0.29) is 24.0 Å². The monoisotopic (exact) mass is 492 g/mol. The molecular formula is C27H32N4O5. The molecule has 1 aliphatic carbocycles. The highest BCUT2D eigenvalue weighted by molar-refractivity contribution is 5.89. The second-order valence-electron chi connectivity index (χ2n) is 9.80. The first-order valence-corrected chi connectivity index (χ1v) is 12.6. The Morgan fingerprint density at radius 2 is 1.61 bits per heavy atom. The number of amides is 3. The van der Waals surface area contributed by atoms with Gasteiger partial charge in [0.05, 0.1) is 0 Å². The van der Waals surface area contributed by atoms with Crippen molar-refractivity contribution in [2.45, 2.75) is 50.9 Å². The topological polar surface area (TPSA) is 102 Å². The van der Waals surface area contributed by atoms with Crippen LogP contribution in [0.5, 0.6) is 0 Å². The molecule has 36 heavy (non-hydrogen) atoms. The Morgan fingerprint density at radius 1 is 0.917 bits per heavy atom. The number of ether oxygens (including phenoxy) is 1. The summed E-state index contributed by atoms with van der Waals surface area (Å²) < 4.78 is 5.83. The summed E-state index contributed by atoms with van der Waals surface area (Å²) in [5.41, 5.74) is 4.97. The van der Waals surface area contributed by atoms with Gasteiger partial charge in [-0.1, -0.05) is 42.5 Å². The van der Waals surface area contributed by atoms with Crippen LogP contribution in [-0.2, 0) is 27.4 Å². The molecule has 0 bridgehead atoms. The average Bonchev–Trinajstić information content (AvgIpc) is 3.37. The second-order valence-corrected chi connectivity index (χ2v) is 9.80. The normalized spacial score (nSPS) is 23.7. The summed E-state index contributed by atoms with van der Waals surface area (Å²) in [4.78, 5) is 44.2. The van der Waals surface area contributed by atoms with E-state index in [9.17, 15) is 19.6 Å². The summed E-state index contributed by atoms with van der Waals surface area (Å²) in [5, 5.41) is 9.35. The van der Waals surface area contributed by atoms with Crippen LogP contribution < -0.4 is 10.4 Å². The maximum Gasteiger partial charge on any atom is 0.410 e. The van der Waals surface area contributed by atoms with Gasteiger partial charge >= 0.3 is 6.09 Å². The number of para-hydroxylation sites is 1. The fraction of sp³-hybridized carbons (Fsp3) is 0.444. The number of benzene rings is 2. The molecule has 2 heterocycles. The van der Waals surface area contributed by atoms with Crippen LogP contribution in [0.25, 0.3) is 0 Å². The molecule has 3 amide bonds. The smallest absolute Gasteiger partial charge is 0.410 e. The number of anilines is 1. The number of piperazine rings is 1. The van der Waals surface area contributed by atoms with Gasteiger partial charge in [-0.15, -0.1) is 0 Å². The summed E-state index contributed by atoms with van der Waals surface area (Å²) in [6.07, 6.45) is 1.94. The highest BCUT2D eigenvalue weighted by Gasteiger charge is 2.40. The van der Waals surface area contributed by atoms with Crippen LogP contribution in [0, 0.1) is 5.92 Å². The van der Waals surface area contributed by atoms with Gasteiger partial charge in [0, 0.05) is 44.3 Å². The molecule has 3 atom stereocenters. The Kier molecular flexibility index (Phi) is 7.09. The van der Waals surface area contributed by atoms with Crippen molar-refractivity contribution in [3.8, 4) is 0 Å². The van der Waals surface area contributed by atoms with Crippen LogP contribution in [0.4, 0.5) is 10.5 Å². The predicted octanol–water partition coefficient (Wildman–Crippen LogP) is 2.92. The summed E-state index contributed by atoms with van der Waals surface area (Å²) in [5.74, 6) is -1.05. The Bertz CT molecular complexity index is 1090. The van der Waals surface area contributed by atoms with E-state index in [4.69, 9.17) is 4.74 Å². The zero-order valence-corrected chi connectivity index (χ0v) is 20.2. The van der Waals surface area contributed by atoms with Crippen molar-refractivity contribution in [3.63, 3.8) is 0 Å². The van der Waals surface area contributed by atoms with Gasteiger partial charge in [0.1, 0.15) is 12.1 Å². The van der Waals surface area contributed by atoms with Crippen LogP contribution in [0.1, 0.15) is 36.8 Å². The third-order valence-electron chi connectivity index (χ3n) is 7.54. The number of carbonyl (C=O) groups is 3. The molecule has 0 aromatic heterocycles. The van der Waals surface area contributed by atoms with Gasteiger partial charge in [0.2, 0.25) is 5.91 Å². The van der Waals surface area contributed by atoms with E-state index in [0.29, 0.717) is 45.6 Å². The largest absolute Gasteiger partial charge is 0.446 e. The van der Waals surface area contributed by atoms with E-state index >= 15 is 0 Å². The van der Waals surface area contributed by atoms with Crippen molar-refractivity contribution in [1.82, 2.24) is 15.3 Å². The average molecular weight is 493 g/mol. The standard InChI is InChI=1S/C27H32N4O5/c32-25(28-35)24-18-29(22-10-2-1-3-11-22)13-14-31(24)26(33)19-9-6-12-23(15-19)36-27(34)30-16-20-7-4-5-8-21(20)17-30/h1-5,7-8,10-11,19,23-24,35H,6,9,12-18H2,(H,28,32). The van der Waals surface area contributed by atoms with Crippen molar-refractivity contribution >= 4 is 23.6 Å². The van der Waals surface area contributed by atoms with Crippen molar-refractivity contribution in [3.05, 3.63) is 65.7 Å². The number of nitrogens with one attached hydrogen (secondary N) is 1. The third-order valence-corrected chi connectivity index (χ3v) is 7.54. The van der Waals surface area contributed by atoms with E-state index in [1.807, 2.05) is 59.5 Å². The lowest BCUT2D eigenvalue weighted by Gasteiger charge is -2.43. The summed E-state index contributed by atoms with van der Waals surface area (Å²) >= 11 is 0. The molecule has 2 aromatic carbocycles. The van der Waals surface area contributed by atoms with Gasteiger partial charge in [-0.05, 0) is 48.9 Å². The fourth-order valence-electron chi connectivity index (χ4n) is 5.61. The molecule has 3 aliphatic rings. The van der Waals surface area contributed by atoms with Crippen molar-refractivity contribution in [2.75, 3.05) is 24.5 Å². The SMILES string of the molecule is O=C(NO)C1CN(c2ccccc2)CCN1C(=O)C1CCCC(OC(=O)N2Cc3ccccc3C2)C1. The van der Waals surface area contributed by atoms with Gasteiger partial charge in [-0.3, -0.25) is 19.7 Å². The zero-order valence-electron chi connectivity index (χ0n) is 20.2. The number of hydroxylamine groups is 1. The van der Waals surface area contributed by atoms with Crippen LogP contribution in [0.2, 0.25) is 0 Å². The molecule has 2 aliphatic heterocycles. The highest BCUT2D eigenvalue weighted by Crippen LogP contribution is 2.31. The molecule has 2 N–H and O–H groups in total. The van der Waals surface area contributed by atoms with Crippen LogP contribution in [0.3, 0.4) is 0 Å². The van der Waals surface area contributed by atoms with E-state index in [0.717, 1.165) is 29.7 Å². The van der Waals surface area contributed by atoms with Gasteiger partial charge in [0.15, 0.2) is 0 Å². The van der Waals surface area contributed by atoms with Crippen molar-refractivity contribution in [2.24, 2.45) is 5.92 Å². The minimum atomic E-state index is -0.803. The Labute approximate surface area is 210 Å². The number of hydrogen-bond donors (Lipinski definition) is 2. The van der Waals surface area contributed by atoms with Crippen LogP contribution in [0.15, 0.2) is 54.6 Å². The van der Waals surface area contributed by atoms with Gasteiger partial charge < -0.3 is 14.5 Å². The molecule has 9 nitrogen and oxygen atoms in total. The van der Waals surface area contributed by atoms with E-state index in [2.05, 4.69) is 0 Å². The zero-order chi connectivity index (χ0) is 25.1. The molecule has 9 heteroatoms. The van der Waals surface area contributed by atoms with Crippen molar-refractivity contribution < 1.29 is 24.3 Å². The quantitative estimate of drug-likeness (QED) is 0.503. The highest BCUT2D eigenvalue weighted by atomic mass is 16.6. The molecule has 2 fully saturated rings. The number of fused-ring (bicyclic) bond motifs is 1.